The molecule has 16 unspecified atom stereocenters. The van der Waals surface area contributed by atoms with Crippen molar-refractivity contribution in [3.05, 3.63) is 0 Å². The summed E-state index contributed by atoms with van der Waals surface area (Å²) < 4.78 is 20.3. The molecule has 0 rings (SSSR count). The van der Waals surface area contributed by atoms with Gasteiger partial charge in [0.2, 0.25) is 0 Å². The van der Waals surface area contributed by atoms with Crippen molar-refractivity contribution in [1.82, 2.24) is 0 Å². The molecule has 0 aliphatic rings. The lowest BCUT2D eigenvalue weighted by molar-refractivity contribution is -0.250. The molecule has 0 saturated heterocycles. The Morgan fingerprint density at radius 2 is 0.453 bits per heavy atom. The fourth-order valence-electron chi connectivity index (χ4n) is 14.5. The molecule has 0 radical (unpaired) electrons. The maximum Gasteiger partial charge on any atom is 0.160 e. The first-order valence-corrected chi connectivity index (χ1v) is 34.9. The third-order valence-electron chi connectivity index (χ3n) is 17.5. The molecule has 0 spiro atoms. The molecule has 16 atom stereocenters. The predicted molar refractivity (Wildman–Crippen MR) is 339 cm³/mol. The minimum atomic E-state index is -0.173. The van der Waals surface area contributed by atoms with Gasteiger partial charge in [-0.25, -0.2) is 0 Å². The predicted octanol–water partition coefficient (Wildman–Crippen LogP) is 24.4. The Labute approximate surface area is 484 Å². The molecule has 0 fully saturated rings. The number of hydrogen-bond donors (Lipinski definition) is 0. The lowest BCUT2D eigenvalue weighted by atomic mass is 9.80. The molecule has 0 heterocycles. The third kappa shape index (κ3) is 47.8. The van der Waals surface area contributed by atoms with Crippen LogP contribution in [0.25, 0.3) is 0 Å². The van der Waals surface area contributed by atoms with Crippen molar-refractivity contribution in [2.75, 3.05) is 25.0 Å². The molecule has 0 aliphatic carbocycles. The molecular weight excluding hydrogens is 960 g/mol. The van der Waals surface area contributed by atoms with Crippen LogP contribution in [0.15, 0.2) is 0 Å². The van der Waals surface area contributed by atoms with Crippen molar-refractivity contribution in [1.29, 1.82) is 0 Å². The number of hydrogen-bond acceptors (Lipinski definition) is 3. The van der Waals surface area contributed by atoms with E-state index in [4.69, 9.17) is 37.4 Å². The average Bonchev–Trinajstić information content (AvgIpc) is 3.30. The average molecular weight is 1100 g/mol. The second-order valence-corrected chi connectivity index (χ2v) is 28.9. The molecule has 0 aromatic rings. The summed E-state index contributed by atoms with van der Waals surface area (Å²) in [5.74, 6) is 12.7. The van der Waals surface area contributed by atoms with E-state index in [9.17, 15) is 0 Å². The normalized spacial score (nSPS) is 18.8. The highest BCUT2D eigenvalue weighted by atomic mass is 35.5. The molecule has 5 heteroatoms. The summed E-state index contributed by atoms with van der Waals surface area (Å²) >= 11 is 11.9. The summed E-state index contributed by atoms with van der Waals surface area (Å²) in [7, 11) is 0. The van der Waals surface area contributed by atoms with Gasteiger partial charge in [0.05, 0.1) is 0 Å². The smallest absolute Gasteiger partial charge is 0.160 e. The van der Waals surface area contributed by atoms with Crippen LogP contribution in [0.2, 0.25) is 0 Å². The van der Waals surface area contributed by atoms with Crippen molar-refractivity contribution >= 4 is 23.2 Å². The van der Waals surface area contributed by atoms with Crippen LogP contribution in [0.3, 0.4) is 0 Å². The molecule has 0 N–H and O–H groups in total. The van der Waals surface area contributed by atoms with Crippen molar-refractivity contribution < 1.29 is 14.2 Å². The standard InChI is InChI=1S/C70H140Cl2O3/c1-17-19-21-23-25-27-41-73-69(37-29-33-55(3)43-59(7)47-63(11)51-67(15)53-65(13)49-61(9)45-57(5)35-31-39-71)75-70(74-42-28-26-24-22-20-18-2)38-30-34-56(4)44-60(8)48-64(12)52-68(16)54-66(14)50-62(10)46-58(6)36-32-40-72/h55-70H,17-54H2,1-16H3. The Hall–Kier alpha value is 0.460. The summed E-state index contributed by atoms with van der Waals surface area (Å²) in [6.45, 7) is 41.2. The van der Waals surface area contributed by atoms with E-state index in [2.05, 4.69) is 111 Å². The lowest BCUT2D eigenvalue weighted by Crippen LogP contribution is -2.28. The van der Waals surface area contributed by atoms with Gasteiger partial charge in [-0.1, -0.05) is 188 Å². The molecule has 452 valence electrons. The fraction of sp³-hybridized carbons (Fsp3) is 1.00. The summed E-state index contributed by atoms with van der Waals surface area (Å²) in [5.41, 5.74) is 0. The minimum absolute atomic E-state index is 0.173. The van der Waals surface area contributed by atoms with Crippen molar-refractivity contribution in [3.8, 4) is 0 Å². The molecule has 0 aliphatic heterocycles. The summed E-state index contributed by atoms with van der Waals surface area (Å²) in [5, 5.41) is 0. The first-order valence-electron chi connectivity index (χ1n) is 33.8. The molecule has 75 heavy (non-hydrogen) atoms. The molecule has 0 aromatic carbocycles. The quantitative estimate of drug-likeness (QED) is 0.0345. The van der Waals surface area contributed by atoms with Gasteiger partial charge in [-0.05, 0) is 224 Å². The van der Waals surface area contributed by atoms with E-state index in [0.717, 1.165) is 159 Å². The Morgan fingerprint density at radius 1 is 0.240 bits per heavy atom. The Morgan fingerprint density at radius 3 is 0.693 bits per heavy atom. The summed E-state index contributed by atoms with van der Waals surface area (Å²) in [6, 6.07) is 0. The Bertz CT molecular complexity index is 1100. The first kappa shape index (κ1) is 75.5. The van der Waals surface area contributed by atoms with Crippen LogP contribution in [0.1, 0.15) is 329 Å². The Kier molecular flexibility index (Phi) is 50.5. The maximum absolute atomic E-state index is 6.95. The number of ether oxygens (including phenoxy) is 3. The van der Waals surface area contributed by atoms with Gasteiger partial charge in [-0.15, -0.1) is 23.2 Å². The van der Waals surface area contributed by atoms with E-state index in [0.29, 0.717) is 0 Å². The van der Waals surface area contributed by atoms with Gasteiger partial charge in [0.25, 0.3) is 0 Å². The number of unbranched alkanes of at least 4 members (excludes halogenated alkanes) is 10. The molecule has 0 amide bonds. The third-order valence-corrected chi connectivity index (χ3v) is 18.0. The van der Waals surface area contributed by atoms with Gasteiger partial charge in [-0.2, -0.15) is 0 Å². The highest BCUT2D eigenvalue weighted by molar-refractivity contribution is 6.18. The highest BCUT2D eigenvalue weighted by Crippen LogP contribution is 2.33. The van der Waals surface area contributed by atoms with Crippen LogP contribution in [0.4, 0.5) is 0 Å². The fourth-order valence-corrected chi connectivity index (χ4v) is 14.8. The van der Waals surface area contributed by atoms with E-state index in [1.54, 1.807) is 0 Å². The van der Waals surface area contributed by atoms with Crippen LogP contribution in [0.5, 0.6) is 0 Å². The Balaban J connectivity index is 5.32. The lowest BCUT2D eigenvalue weighted by Gasteiger charge is -2.27. The van der Waals surface area contributed by atoms with E-state index in [-0.39, 0.29) is 12.6 Å². The SMILES string of the molecule is CCCCCCCCOC(CCCC(C)CC(C)CC(C)CC(C)CC(C)CC(C)CC(C)CCCCl)OC(CCCC(C)CC(C)CC(C)CC(C)CC(C)CC(C)CC(C)CCCCl)OCCCCCCCC. The number of alkyl halides is 2. The molecular formula is C70H140Cl2O3. The van der Waals surface area contributed by atoms with Gasteiger partial charge in [0, 0.05) is 25.0 Å². The van der Waals surface area contributed by atoms with E-state index in [1.807, 2.05) is 0 Å². The monoisotopic (exact) mass is 1100 g/mol. The van der Waals surface area contributed by atoms with Crippen LogP contribution < -0.4 is 0 Å². The minimum Gasteiger partial charge on any atom is -0.353 e. The molecule has 0 bridgehead atoms. The molecule has 0 aromatic heterocycles. The second kappa shape index (κ2) is 50.2. The zero-order valence-electron chi connectivity index (χ0n) is 54.1. The van der Waals surface area contributed by atoms with Crippen LogP contribution in [-0.4, -0.2) is 37.6 Å². The van der Waals surface area contributed by atoms with E-state index in [1.165, 1.54) is 167 Å². The van der Waals surface area contributed by atoms with E-state index >= 15 is 0 Å². The zero-order chi connectivity index (χ0) is 56.2. The maximum atomic E-state index is 6.95. The van der Waals surface area contributed by atoms with E-state index < -0.39 is 0 Å². The van der Waals surface area contributed by atoms with Gasteiger partial charge in [-0.3, -0.25) is 0 Å². The number of halogens is 2. The van der Waals surface area contributed by atoms with Crippen LogP contribution in [0, 0.1) is 82.9 Å². The van der Waals surface area contributed by atoms with Gasteiger partial charge in [0.1, 0.15) is 0 Å². The van der Waals surface area contributed by atoms with Crippen molar-refractivity contribution in [3.63, 3.8) is 0 Å². The van der Waals surface area contributed by atoms with Crippen LogP contribution in [-0.2, 0) is 14.2 Å². The molecule has 3 nitrogen and oxygen atoms in total. The van der Waals surface area contributed by atoms with Gasteiger partial charge >= 0.3 is 0 Å². The summed E-state index contributed by atoms with van der Waals surface area (Å²) in [6.07, 6.45) is 43.0. The second-order valence-electron chi connectivity index (χ2n) is 28.1. The highest BCUT2D eigenvalue weighted by Gasteiger charge is 2.23. The van der Waals surface area contributed by atoms with Gasteiger partial charge < -0.3 is 14.2 Å². The summed E-state index contributed by atoms with van der Waals surface area (Å²) in [4.78, 5) is 0. The van der Waals surface area contributed by atoms with Crippen molar-refractivity contribution in [2.24, 2.45) is 82.9 Å². The number of rotatable bonds is 56. The zero-order valence-corrected chi connectivity index (χ0v) is 55.6. The largest absolute Gasteiger partial charge is 0.353 e. The topological polar surface area (TPSA) is 27.7 Å². The van der Waals surface area contributed by atoms with Crippen molar-refractivity contribution in [2.45, 2.75) is 342 Å². The first-order chi connectivity index (χ1) is 35.8. The van der Waals surface area contributed by atoms with Gasteiger partial charge in [0.15, 0.2) is 12.6 Å². The van der Waals surface area contributed by atoms with Crippen LogP contribution >= 0.6 is 23.2 Å². The molecule has 0 saturated carbocycles.